The number of fused-ring (bicyclic) bond motifs is 1. The predicted molar refractivity (Wildman–Crippen MR) is 105 cm³/mol. The Morgan fingerprint density at radius 2 is 2.16 bits per heavy atom. The van der Waals surface area contributed by atoms with E-state index in [-0.39, 0.29) is 11.6 Å². The number of nitro benzene ring substituents is 1. The van der Waals surface area contributed by atoms with E-state index in [1.165, 1.54) is 29.5 Å². The van der Waals surface area contributed by atoms with Crippen LogP contribution in [0, 0.1) is 13.7 Å². The molecule has 2 aromatic carbocycles. The Morgan fingerprint density at radius 1 is 1.36 bits per heavy atom. The first-order valence-corrected chi connectivity index (χ1v) is 9.16. The van der Waals surface area contributed by atoms with Crippen molar-refractivity contribution in [3.8, 4) is 5.75 Å². The molecule has 3 aromatic rings. The number of nitrogens with one attached hydrogen (secondary N) is 1. The van der Waals surface area contributed by atoms with Gasteiger partial charge in [-0.15, -0.1) is 0 Å². The zero-order valence-electron chi connectivity index (χ0n) is 13.0. The van der Waals surface area contributed by atoms with Gasteiger partial charge in [-0.25, -0.2) is 4.98 Å². The maximum atomic E-state index is 12.4. The van der Waals surface area contributed by atoms with Crippen molar-refractivity contribution in [3.63, 3.8) is 0 Å². The number of thiazole rings is 1. The molecule has 0 aliphatic heterocycles. The minimum Gasteiger partial charge on any atom is -0.494 e. The fourth-order valence-corrected chi connectivity index (χ4v) is 3.81. The van der Waals surface area contributed by atoms with Crippen molar-refractivity contribution in [2.24, 2.45) is 0 Å². The number of benzene rings is 2. The molecule has 0 atom stereocenters. The van der Waals surface area contributed by atoms with Crippen LogP contribution in [0.1, 0.15) is 17.3 Å². The number of carbonyl (C=O) groups is 1. The quantitative estimate of drug-likeness (QED) is 0.338. The Bertz CT molecular complexity index is 973. The second kappa shape index (κ2) is 7.31. The van der Waals surface area contributed by atoms with E-state index in [0.29, 0.717) is 20.9 Å². The van der Waals surface area contributed by atoms with Gasteiger partial charge in [-0.1, -0.05) is 11.3 Å². The first-order valence-electron chi connectivity index (χ1n) is 7.26. The maximum absolute atomic E-state index is 12.4. The molecular formula is C16H12IN3O4S. The number of anilines is 1. The first kappa shape index (κ1) is 17.5. The molecule has 25 heavy (non-hydrogen) atoms. The molecular weight excluding hydrogens is 457 g/mol. The molecule has 0 fully saturated rings. The van der Waals surface area contributed by atoms with E-state index in [0.717, 1.165) is 16.0 Å². The molecule has 0 radical (unpaired) electrons. The van der Waals surface area contributed by atoms with Crippen molar-refractivity contribution in [2.45, 2.75) is 6.92 Å². The second-order valence-corrected chi connectivity index (χ2v) is 7.15. The highest BCUT2D eigenvalue weighted by atomic mass is 127. The molecule has 3 rings (SSSR count). The standard InChI is InChI=1S/C16H12IN3O4S/c1-2-24-10-4-6-13-14(8-10)25-16(18-13)19-15(21)11-5-3-9(20(22)23)7-12(11)17/h3-8H,2H2,1H3,(H,18,19,21). The second-order valence-electron chi connectivity index (χ2n) is 4.96. The lowest BCUT2D eigenvalue weighted by atomic mass is 10.2. The summed E-state index contributed by atoms with van der Waals surface area (Å²) in [4.78, 5) is 27.1. The van der Waals surface area contributed by atoms with Crippen molar-refractivity contribution >= 4 is 60.9 Å². The third kappa shape index (κ3) is 3.87. The predicted octanol–water partition coefficient (Wildman–Crippen LogP) is 4.46. The zero-order valence-corrected chi connectivity index (χ0v) is 16.0. The zero-order chi connectivity index (χ0) is 18.0. The molecule has 9 heteroatoms. The number of aromatic nitrogens is 1. The molecule has 1 N–H and O–H groups in total. The molecule has 0 saturated carbocycles. The Hall–Kier alpha value is -2.27. The van der Waals surface area contributed by atoms with Crippen molar-refractivity contribution < 1.29 is 14.5 Å². The lowest BCUT2D eigenvalue weighted by Gasteiger charge is -2.04. The van der Waals surface area contributed by atoms with Crippen molar-refractivity contribution in [1.29, 1.82) is 0 Å². The van der Waals surface area contributed by atoms with Crippen LogP contribution in [0.4, 0.5) is 10.8 Å². The SMILES string of the molecule is CCOc1ccc2nc(NC(=O)c3ccc([N+](=O)[O-])cc3I)sc2c1. The molecule has 0 aliphatic rings. The topological polar surface area (TPSA) is 94.4 Å². The summed E-state index contributed by atoms with van der Waals surface area (Å²) < 4.78 is 6.86. The molecule has 1 amide bonds. The largest absolute Gasteiger partial charge is 0.494 e. The molecule has 0 saturated heterocycles. The molecule has 1 heterocycles. The molecule has 128 valence electrons. The third-order valence-corrected chi connectivity index (χ3v) is 5.13. The highest BCUT2D eigenvalue weighted by Crippen LogP contribution is 2.30. The average molecular weight is 469 g/mol. The van der Waals surface area contributed by atoms with Crippen LogP contribution in [0.2, 0.25) is 0 Å². The van der Waals surface area contributed by atoms with Crippen molar-refractivity contribution in [3.05, 3.63) is 55.6 Å². The third-order valence-electron chi connectivity index (χ3n) is 3.30. The molecule has 7 nitrogen and oxygen atoms in total. The van der Waals surface area contributed by atoms with Gasteiger partial charge >= 0.3 is 0 Å². The summed E-state index contributed by atoms with van der Waals surface area (Å²) in [5.41, 5.74) is 1.08. The Morgan fingerprint density at radius 3 is 2.84 bits per heavy atom. The molecule has 0 aliphatic carbocycles. The lowest BCUT2D eigenvalue weighted by Crippen LogP contribution is -2.13. The maximum Gasteiger partial charge on any atom is 0.270 e. The summed E-state index contributed by atoms with van der Waals surface area (Å²) in [6.07, 6.45) is 0. The summed E-state index contributed by atoms with van der Waals surface area (Å²) in [7, 11) is 0. The van der Waals surface area contributed by atoms with Crippen LogP contribution in [-0.2, 0) is 0 Å². The van der Waals surface area contributed by atoms with Crippen LogP contribution < -0.4 is 10.1 Å². The van der Waals surface area contributed by atoms with Gasteiger partial charge in [0.1, 0.15) is 5.75 Å². The van der Waals surface area contributed by atoms with Gasteiger partial charge in [0.25, 0.3) is 11.6 Å². The average Bonchev–Trinajstić information content (AvgIpc) is 2.96. The van der Waals surface area contributed by atoms with Gasteiger partial charge in [-0.05, 0) is 53.8 Å². The van der Waals surface area contributed by atoms with Crippen LogP contribution in [0.5, 0.6) is 5.75 Å². The number of nitrogens with zero attached hydrogens (tertiary/aromatic N) is 2. The number of hydrogen-bond acceptors (Lipinski definition) is 6. The molecule has 0 spiro atoms. The van der Waals surface area contributed by atoms with E-state index >= 15 is 0 Å². The summed E-state index contributed by atoms with van der Waals surface area (Å²) >= 11 is 3.25. The number of non-ortho nitro benzene ring substituents is 1. The van der Waals surface area contributed by atoms with Crippen molar-refractivity contribution in [2.75, 3.05) is 11.9 Å². The Balaban J connectivity index is 1.83. The Labute approximate surface area is 160 Å². The van der Waals surface area contributed by atoms with E-state index < -0.39 is 4.92 Å². The lowest BCUT2D eigenvalue weighted by molar-refractivity contribution is -0.384. The number of nitro groups is 1. The highest BCUT2D eigenvalue weighted by molar-refractivity contribution is 14.1. The van der Waals surface area contributed by atoms with E-state index in [2.05, 4.69) is 10.3 Å². The van der Waals surface area contributed by atoms with Gasteiger partial charge in [0, 0.05) is 15.7 Å². The Kier molecular flexibility index (Phi) is 5.13. The molecule has 0 bridgehead atoms. The van der Waals surface area contributed by atoms with E-state index in [4.69, 9.17) is 4.74 Å². The number of halogens is 1. The number of amides is 1. The van der Waals surface area contributed by atoms with E-state index in [9.17, 15) is 14.9 Å². The van der Waals surface area contributed by atoms with Gasteiger partial charge in [0.2, 0.25) is 0 Å². The monoisotopic (exact) mass is 469 g/mol. The minimum atomic E-state index is -0.493. The van der Waals surface area contributed by atoms with Gasteiger partial charge < -0.3 is 4.74 Å². The normalized spacial score (nSPS) is 10.6. The molecule has 0 unspecified atom stereocenters. The van der Waals surface area contributed by atoms with Crippen molar-refractivity contribution in [1.82, 2.24) is 4.98 Å². The van der Waals surface area contributed by atoms with Gasteiger partial charge in [0.15, 0.2) is 5.13 Å². The fourth-order valence-electron chi connectivity index (χ4n) is 2.18. The highest BCUT2D eigenvalue weighted by Gasteiger charge is 2.16. The summed E-state index contributed by atoms with van der Waals surface area (Å²) in [6.45, 7) is 2.49. The van der Waals surface area contributed by atoms with Gasteiger partial charge in [-0.2, -0.15) is 0 Å². The van der Waals surface area contributed by atoms with Crippen LogP contribution in [0.3, 0.4) is 0 Å². The number of carbonyl (C=O) groups excluding carboxylic acids is 1. The van der Waals surface area contributed by atoms with E-state index in [1.54, 1.807) is 0 Å². The van der Waals surface area contributed by atoms with Crippen LogP contribution in [0.15, 0.2) is 36.4 Å². The molecule has 1 aromatic heterocycles. The summed E-state index contributed by atoms with van der Waals surface area (Å²) in [6, 6.07) is 9.65. The summed E-state index contributed by atoms with van der Waals surface area (Å²) in [5, 5.41) is 14.0. The number of rotatable bonds is 5. The summed E-state index contributed by atoms with van der Waals surface area (Å²) in [5.74, 6) is 0.393. The number of hydrogen-bond donors (Lipinski definition) is 1. The van der Waals surface area contributed by atoms with Gasteiger partial charge in [0.05, 0.1) is 27.3 Å². The minimum absolute atomic E-state index is 0.0515. The van der Waals surface area contributed by atoms with Gasteiger partial charge in [-0.3, -0.25) is 20.2 Å². The van der Waals surface area contributed by atoms with E-state index in [1.807, 2.05) is 47.7 Å². The first-order chi connectivity index (χ1) is 12.0. The van der Waals surface area contributed by atoms with Crippen LogP contribution in [0.25, 0.3) is 10.2 Å². The van der Waals surface area contributed by atoms with Crippen LogP contribution in [-0.4, -0.2) is 22.4 Å². The number of ether oxygens (including phenoxy) is 1. The smallest absolute Gasteiger partial charge is 0.270 e. The fraction of sp³-hybridized carbons (Fsp3) is 0.125. The van der Waals surface area contributed by atoms with Crippen LogP contribution >= 0.6 is 33.9 Å².